The van der Waals surface area contributed by atoms with Gasteiger partial charge in [-0.05, 0) is 102 Å². The Kier molecular flexibility index (Phi) is 1.26. The Morgan fingerprint density at radius 1 is 0.556 bits per heavy atom. The van der Waals surface area contributed by atoms with Gasteiger partial charge >= 0.3 is 0 Å². The molecule has 16 atom stereocenters. The lowest BCUT2D eigenvalue weighted by Gasteiger charge is -3.34. The minimum Gasteiger partial charge on any atom is -0.0617 e. The molecule has 0 saturated heterocycles. The van der Waals surface area contributed by atoms with Crippen molar-refractivity contribution in [3.8, 4) is 0 Å². The Bertz CT molecular complexity index is 1040. The second-order valence-corrected chi connectivity index (χ2v) is 15.3. The van der Waals surface area contributed by atoms with Crippen LogP contribution in [-0.2, 0) is 0 Å². The van der Waals surface area contributed by atoms with Crippen molar-refractivity contribution in [1.82, 2.24) is 0 Å². The van der Waals surface area contributed by atoms with E-state index >= 15 is 0 Å². The van der Waals surface area contributed by atoms with Gasteiger partial charge < -0.3 is 0 Å². The van der Waals surface area contributed by atoms with Crippen molar-refractivity contribution in [1.29, 1.82) is 0 Å². The molecule has 10 aliphatic carbocycles. The minimum absolute atomic E-state index is 0.519. The van der Waals surface area contributed by atoms with Crippen LogP contribution in [-0.4, -0.2) is 0 Å². The lowest BCUT2D eigenvalue weighted by atomic mass is 8.69. The van der Waals surface area contributed by atoms with Crippen LogP contribution in [0.2, 0.25) is 0 Å². The molecule has 0 heterocycles. The predicted octanol–water partition coefficient (Wildman–Crippen LogP) is 5.87. The molecular weight excluding hydrogens is 324 g/mol. The van der Waals surface area contributed by atoms with E-state index in [1.54, 1.807) is 6.42 Å². The summed E-state index contributed by atoms with van der Waals surface area (Å²) in [7, 11) is 0. The number of hydrogen-bond acceptors (Lipinski definition) is 0. The van der Waals surface area contributed by atoms with Gasteiger partial charge in [0, 0.05) is 0 Å². The first kappa shape index (κ1) is 14.1. The number of fused-ring (bicyclic) bond motifs is 6. The lowest BCUT2D eigenvalue weighted by molar-refractivity contribution is -0.884. The Balaban J connectivity index is 1.35. The molecule has 27 heavy (non-hydrogen) atoms. The highest BCUT2D eigenvalue weighted by Gasteiger charge is 3.32. The van der Waals surface area contributed by atoms with E-state index in [2.05, 4.69) is 62.3 Å². The van der Waals surface area contributed by atoms with Crippen molar-refractivity contribution in [2.75, 3.05) is 0 Å². The van der Waals surface area contributed by atoms with Crippen molar-refractivity contribution in [2.24, 2.45) is 95.6 Å². The van der Waals surface area contributed by atoms with Crippen molar-refractivity contribution < 1.29 is 0 Å². The molecule has 0 amide bonds. The molecule has 0 radical (unpaired) electrons. The van der Waals surface area contributed by atoms with Crippen LogP contribution in [0.5, 0.6) is 0 Å². The molecule has 6 unspecified atom stereocenters. The van der Waals surface area contributed by atoms with Crippen LogP contribution in [0.25, 0.3) is 0 Å². The number of rotatable bonds is 0. The maximum absolute atomic E-state index is 2.87. The fraction of sp³-hybridized carbons (Fsp3) is 1.00. The highest BCUT2D eigenvalue weighted by molar-refractivity contribution is 5.78. The quantitative estimate of drug-likeness (QED) is 0.507. The highest BCUT2D eigenvalue weighted by Crippen LogP contribution is 3.35. The summed E-state index contributed by atoms with van der Waals surface area (Å²) in [6, 6.07) is 0. The first-order valence-corrected chi connectivity index (χ1v) is 12.4. The lowest BCUT2D eigenvalue weighted by Crippen LogP contribution is -3.31. The second kappa shape index (κ2) is 2.42. The molecule has 4 spiro atoms. The van der Waals surface area contributed by atoms with Gasteiger partial charge in [-0.15, -0.1) is 0 Å². The van der Waals surface area contributed by atoms with E-state index < -0.39 is 0 Å². The average Bonchev–Trinajstić information content (AvgIpc) is 2.59. The summed E-state index contributed by atoms with van der Waals surface area (Å²) < 4.78 is 0. The molecule has 0 heteroatoms. The minimum atomic E-state index is 0.519. The van der Waals surface area contributed by atoms with Crippen molar-refractivity contribution >= 4 is 0 Å². The van der Waals surface area contributed by atoms with Crippen LogP contribution in [0.3, 0.4) is 0 Å². The van der Waals surface area contributed by atoms with E-state index in [1.165, 1.54) is 17.8 Å². The molecule has 0 nitrogen and oxygen atoms in total. The zero-order valence-electron chi connectivity index (χ0n) is 18.7. The zero-order valence-corrected chi connectivity index (χ0v) is 18.7. The SMILES string of the molecule is CC1C2C[C@@H]3[C@@H]4[C@@H]5[C@@H]6[C@H](C)[C@]7(C)C(C)(C)C8(C)C9(C)C%10(C)C1(C)[C@]23[C@]4%10[C@]59[C@]687. The maximum Gasteiger partial charge on any atom is -0.00570 e. The molecule has 0 aromatic heterocycles. The van der Waals surface area contributed by atoms with Crippen LogP contribution >= 0.6 is 0 Å². The monoisotopic (exact) mass is 360 g/mol. The molecule has 0 aromatic carbocycles. The van der Waals surface area contributed by atoms with E-state index in [1.807, 2.05) is 0 Å². The fourth-order valence-electron chi connectivity index (χ4n) is 19.7. The molecule has 10 rings (SSSR count). The van der Waals surface area contributed by atoms with Gasteiger partial charge in [-0.1, -0.05) is 62.3 Å². The van der Waals surface area contributed by atoms with E-state index in [0.29, 0.717) is 32.5 Å². The van der Waals surface area contributed by atoms with Crippen LogP contribution in [0, 0.1) is 95.6 Å². The van der Waals surface area contributed by atoms with Gasteiger partial charge in [0.05, 0.1) is 0 Å². The van der Waals surface area contributed by atoms with E-state index in [9.17, 15) is 0 Å². The standard InChI is InChI=1S/C27H36/c1-11-13-10-14-16-17-15-12(2)19(5)18(3,4)21(7)23(9)22(8)20(11,6)24(13,14)26(16,22)27(17,23)25(15,19)21/h11-17H,10H2,1-9H3/t11?,12-,13?,14+,15-,16+,17-,19+,20?,21?,22?,23?,24-,25-,26-,27+/m0/s1. The van der Waals surface area contributed by atoms with Gasteiger partial charge in [0.2, 0.25) is 0 Å². The Labute approximate surface area is 164 Å². The second-order valence-electron chi connectivity index (χ2n) is 15.3. The highest BCUT2D eigenvalue weighted by atomic mass is 15.3. The summed E-state index contributed by atoms with van der Waals surface area (Å²) in [5, 5.41) is 0. The van der Waals surface area contributed by atoms with Gasteiger partial charge in [-0.25, -0.2) is 0 Å². The summed E-state index contributed by atoms with van der Waals surface area (Å²) in [6.07, 6.45) is 1.64. The first-order valence-electron chi connectivity index (χ1n) is 12.4. The topological polar surface area (TPSA) is 0 Å². The average molecular weight is 361 g/mol. The van der Waals surface area contributed by atoms with Crippen molar-refractivity contribution in [3.63, 3.8) is 0 Å². The van der Waals surface area contributed by atoms with Gasteiger partial charge in [0.25, 0.3) is 0 Å². The van der Waals surface area contributed by atoms with Crippen LogP contribution < -0.4 is 0 Å². The van der Waals surface area contributed by atoms with Crippen LogP contribution in [0.1, 0.15) is 68.7 Å². The third-order valence-electron chi connectivity index (χ3n) is 18.9. The van der Waals surface area contributed by atoms with Gasteiger partial charge in [0.15, 0.2) is 0 Å². The molecule has 10 saturated carbocycles. The Morgan fingerprint density at radius 2 is 1.22 bits per heavy atom. The number of hydrogen-bond donors (Lipinski definition) is 0. The largest absolute Gasteiger partial charge is 0.0617 e. The van der Waals surface area contributed by atoms with Gasteiger partial charge in [-0.2, -0.15) is 0 Å². The van der Waals surface area contributed by atoms with E-state index in [0.717, 1.165) is 45.3 Å². The van der Waals surface area contributed by atoms with Crippen LogP contribution in [0.15, 0.2) is 0 Å². The summed E-state index contributed by atoms with van der Waals surface area (Å²) >= 11 is 0. The molecule has 10 aliphatic rings. The summed E-state index contributed by atoms with van der Waals surface area (Å²) in [6.45, 7) is 24.9. The van der Waals surface area contributed by atoms with Crippen molar-refractivity contribution in [2.45, 2.75) is 68.7 Å². The third kappa shape index (κ3) is 0.447. The van der Waals surface area contributed by atoms with Gasteiger partial charge in [-0.3, -0.25) is 0 Å². The van der Waals surface area contributed by atoms with Crippen molar-refractivity contribution in [3.05, 3.63) is 0 Å². The summed E-state index contributed by atoms with van der Waals surface area (Å²) in [5.41, 5.74) is 7.01. The zero-order chi connectivity index (χ0) is 18.7. The first-order chi connectivity index (χ1) is 12.4. The Morgan fingerprint density at radius 3 is 1.89 bits per heavy atom. The summed E-state index contributed by atoms with van der Waals surface area (Å²) in [5.74, 6) is 7.77. The van der Waals surface area contributed by atoms with E-state index in [4.69, 9.17) is 0 Å². The molecule has 10 fully saturated rings. The molecule has 144 valence electrons. The Hall–Kier alpha value is 0. The molecular formula is C27H36. The molecule has 0 aromatic rings. The van der Waals surface area contributed by atoms with Gasteiger partial charge in [0.1, 0.15) is 0 Å². The molecule has 0 aliphatic heterocycles. The normalized spacial score (nSPS) is 97.4. The molecule has 0 N–H and O–H groups in total. The molecule has 0 bridgehead atoms. The smallest absolute Gasteiger partial charge is 0.00570 e. The third-order valence-corrected chi connectivity index (χ3v) is 18.9. The predicted molar refractivity (Wildman–Crippen MR) is 104 cm³/mol. The summed E-state index contributed by atoms with van der Waals surface area (Å²) in [4.78, 5) is 0. The van der Waals surface area contributed by atoms with Crippen LogP contribution in [0.4, 0.5) is 0 Å². The van der Waals surface area contributed by atoms with E-state index in [-0.39, 0.29) is 0 Å². The fourth-order valence-corrected chi connectivity index (χ4v) is 19.7. The maximum atomic E-state index is 2.87.